The summed E-state index contributed by atoms with van der Waals surface area (Å²) in [6, 6.07) is 2.13. The number of aromatic amines is 1. The summed E-state index contributed by atoms with van der Waals surface area (Å²) in [6.45, 7) is 0. The molecule has 0 aliphatic rings. The van der Waals surface area contributed by atoms with E-state index in [1.807, 2.05) is 0 Å². The van der Waals surface area contributed by atoms with E-state index in [1.165, 1.54) is 6.20 Å². The van der Waals surface area contributed by atoms with Gasteiger partial charge < -0.3 is 4.98 Å². The van der Waals surface area contributed by atoms with E-state index in [2.05, 4.69) is 9.97 Å². The maximum atomic E-state index is 13.5. The summed E-state index contributed by atoms with van der Waals surface area (Å²) >= 11 is 0. The number of alkyl halides is 7. The molecule has 0 aliphatic carbocycles. The number of H-pyrrole nitrogens is 1. The monoisotopic (exact) mass is 286 g/mol. The molecule has 0 amide bonds. The number of hydrogen-bond acceptors (Lipinski definition) is 1. The molecule has 19 heavy (non-hydrogen) atoms. The van der Waals surface area contributed by atoms with Gasteiger partial charge in [-0.1, -0.05) is 0 Å². The Bertz CT molecular complexity index is 599. The van der Waals surface area contributed by atoms with E-state index in [0.29, 0.717) is 6.20 Å². The van der Waals surface area contributed by atoms with Gasteiger partial charge in [0.15, 0.2) is 0 Å². The predicted molar refractivity (Wildman–Crippen MR) is 51.0 cm³/mol. The van der Waals surface area contributed by atoms with Gasteiger partial charge in [-0.2, -0.15) is 30.7 Å². The lowest BCUT2D eigenvalue weighted by Crippen LogP contribution is -2.49. The third-order valence-corrected chi connectivity index (χ3v) is 2.54. The van der Waals surface area contributed by atoms with E-state index in [1.54, 1.807) is 0 Å². The first-order valence-corrected chi connectivity index (χ1v) is 4.84. The molecule has 0 saturated carbocycles. The van der Waals surface area contributed by atoms with Crippen LogP contribution in [-0.2, 0) is 5.92 Å². The average Bonchev–Trinajstić information content (AvgIpc) is 2.71. The first-order valence-electron chi connectivity index (χ1n) is 4.84. The third kappa shape index (κ3) is 1.83. The van der Waals surface area contributed by atoms with Gasteiger partial charge in [-0.15, -0.1) is 0 Å². The molecular formula is C10H5F7N2. The van der Waals surface area contributed by atoms with Gasteiger partial charge in [0.2, 0.25) is 0 Å². The average molecular weight is 286 g/mol. The number of nitrogens with one attached hydrogen (secondary N) is 1. The van der Waals surface area contributed by atoms with Crippen molar-refractivity contribution in [2.45, 2.75) is 18.0 Å². The summed E-state index contributed by atoms with van der Waals surface area (Å²) in [4.78, 5) is 5.67. The van der Waals surface area contributed by atoms with Gasteiger partial charge in [-0.05, 0) is 12.1 Å². The van der Waals surface area contributed by atoms with Crippen LogP contribution < -0.4 is 0 Å². The summed E-state index contributed by atoms with van der Waals surface area (Å²) in [7, 11) is 0. The van der Waals surface area contributed by atoms with Crippen LogP contribution in [0.4, 0.5) is 30.7 Å². The number of nitrogens with zero attached hydrogens (tertiary/aromatic N) is 1. The van der Waals surface area contributed by atoms with Crippen LogP contribution in [0.25, 0.3) is 11.0 Å². The van der Waals surface area contributed by atoms with E-state index in [9.17, 15) is 30.7 Å². The van der Waals surface area contributed by atoms with Crippen molar-refractivity contribution >= 4 is 11.0 Å². The van der Waals surface area contributed by atoms with Gasteiger partial charge in [-0.3, -0.25) is 0 Å². The summed E-state index contributed by atoms with van der Waals surface area (Å²) in [5.41, 5.74) is -1.65. The van der Waals surface area contributed by atoms with Crippen LogP contribution >= 0.6 is 0 Å². The molecule has 0 saturated heterocycles. The van der Waals surface area contributed by atoms with Gasteiger partial charge in [0.1, 0.15) is 5.65 Å². The molecule has 0 unspecified atom stereocenters. The highest BCUT2D eigenvalue weighted by Gasteiger charge is 2.74. The van der Waals surface area contributed by atoms with Crippen molar-refractivity contribution in [2.75, 3.05) is 0 Å². The van der Waals surface area contributed by atoms with E-state index in [4.69, 9.17) is 0 Å². The van der Waals surface area contributed by atoms with Gasteiger partial charge in [0.25, 0.3) is 0 Å². The Balaban J connectivity index is 2.62. The minimum absolute atomic E-state index is 0.199. The van der Waals surface area contributed by atoms with Crippen molar-refractivity contribution < 1.29 is 30.7 Å². The van der Waals surface area contributed by atoms with Crippen molar-refractivity contribution in [3.05, 3.63) is 30.1 Å². The van der Waals surface area contributed by atoms with E-state index < -0.39 is 29.0 Å². The SMILES string of the molecule is FC(F)(F)C(F)(F)C(F)(F)c1c[nH]c2ncccc12. The van der Waals surface area contributed by atoms with Crippen molar-refractivity contribution in [3.8, 4) is 0 Å². The zero-order valence-electron chi connectivity index (χ0n) is 8.90. The molecular weight excluding hydrogens is 281 g/mol. The number of fused-ring (bicyclic) bond motifs is 1. The highest BCUT2D eigenvalue weighted by atomic mass is 19.4. The fourth-order valence-corrected chi connectivity index (χ4v) is 1.56. The van der Waals surface area contributed by atoms with Crippen molar-refractivity contribution in [2.24, 2.45) is 0 Å². The summed E-state index contributed by atoms with van der Waals surface area (Å²) in [6.07, 6.45) is -4.78. The normalized spacial score (nSPS) is 14.1. The summed E-state index contributed by atoms with van der Waals surface area (Å²) in [5.74, 6) is -11.6. The molecule has 1 N–H and O–H groups in total. The fourth-order valence-electron chi connectivity index (χ4n) is 1.56. The number of halogens is 7. The molecule has 0 aliphatic heterocycles. The van der Waals surface area contributed by atoms with Gasteiger partial charge in [0.05, 0.1) is 5.56 Å². The van der Waals surface area contributed by atoms with Crippen LogP contribution in [0.3, 0.4) is 0 Å². The molecule has 0 atom stereocenters. The van der Waals surface area contributed by atoms with Crippen LogP contribution in [0.5, 0.6) is 0 Å². The first-order chi connectivity index (χ1) is 8.59. The maximum Gasteiger partial charge on any atom is 0.460 e. The molecule has 0 bridgehead atoms. The van der Waals surface area contributed by atoms with Gasteiger partial charge in [-0.25, -0.2) is 4.98 Å². The number of aromatic nitrogens is 2. The highest BCUT2D eigenvalue weighted by molar-refractivity contribution is 5.80. The molecule has 2 nitrogen and oxygen atoms in total. The molecule has 2 aromatic rings. The fraction of sp³-hybridized carbons (Fsp3) is 0.300. The molecule has 0 aromatic carbocycles. The maximum absolute atomic E-state index is 13.5. The largest absolute Gasteiger partial charge is 0.460 e. The van der Waals surface area contributed by atoms with Gasteiger partial charge >= 0.3 is 18.0 Å². The van der Waals surface area contributed by atoms with E-state index in [-0.39, 0.29) is 5.65 Å². The standard InChI is InChI=1S/C10H5F7N2/c11-8(12,9(13,14)10(15,16)17)6-4-19-7-5(6)2-1-3-18-7/h1-4H,(H,18,19). The zero-order valence-corrected chi connectivity index (χ0v) is 8.90. The molecule has 9 heteroatoms. The van der Waals surface area contributed by atoms with Crippen LogP contribution in [0, 0.1) is 0 Å². The molecule has 104 valence electrons. The first kappa shape index (κ1) is 13.6. The Hall–Kier alpha value is -1.80. The van der Waals surface area contributed by atoms with Crippen LogP contribution in [-0.4, -0.2) is 22.1 Å². The zero-order chi connectivity index (χ0) is 14.5. The van der Waals surface area contributed by atoms with Crippen LogP contribution in [0.2, 0.25) is 0 Å². The van der Waals surface area contributed by atoms with E-state index in [0.717, 1.165) is 12.1 Å². The lowest BCUT2D eigenvalue weighted by molar-refractivity contribution is -0.359. The summed E-state index contributed by atoms with van der Waals surface area (Å²) in [5, 5.41) is -0.489. The highest BCUT2D eigenvalue weighted by Crippen LogP contribution is 2.52. The Labute approximate surface area is 101 Å². The molecule has 0 spiro atoms. The Kier molecular flexibility index (Phi) is 2.76. The minimum Gasteiger partial charge on any atom is -0.346 e. The molecule has 0 radical (unpaired) electrons. The molecule has 2 aromatic heterocycles. The van der Waals surface area contributed by atoms with Crippen LogP contribution in [0.15, 0.2) is 24.5 Å². The molecule has 0 fully saturated rings. The lowest BCUT2D eigenvalue weighted by atomic mass is 10.0. The summed E-state index contributed by atoms with van der Waals surface area (Å²) < 4.78 is 88.9. The quantitative estimate of drug-likeness (QED) is 0.834. The second-order valence-corrected chi connectivity index (χ2v) is 3.75. The van der Waals surface area contributed by atoms with Crippen molar-refractivity contribution in [1.29, 1.82) is 0 Å². The van der Waals surface area contributed by atoms with Crippen molar-refractivity contribution in [3.63, 3.8) is 0 Å². The van der Waals surface area contributed by atoms with E-state index >= 15 is 0 Å². The third-order valence-electron chi connectivity index (χ3n) is 2.54. The Morgan fingerprint density at radius 1 is 1.00 bits per heavy atom. The number of pyridine rings is 1. The smallest absolute Gasteiger partial charge is 0.346 e. The minimum atomic E-state index is -6.36. The number of rotatable bonds is 2. The molecule has 2 rings (SSSR count). The second kappa shape index (κ2) is 3.84. The topological polar surface area (TPSA) is 28.7 Å². The van der Waals surface area contributed by atoms with Crippen molar-refractivity contribution in [1.82, 2.24) is 9.97 Å². The Morgan fingerprint density at radius 3 is 2.21 bits per heavy atom. The second-order valence-electron chi connectivity index (χ2n) is 3.75. The molecule has 2 heterocycles. The predicted octanol–water partition coefficient (Wildman–Crippen LogP) is 3.85. The number of hydrogen-bond donors (Lipinski definition) is 1. The van der Waals surface area contributed by atoms with Crippen LogP contribution in [0.1, 0.15) is 5.56 Å². The Morgan fingerprint density at radius 2 is 1.63 bits per heavy atom. The lowest BCUT2D eigenvalue weighted by Gasteiger charge is -2.27. The van der Waals surface area contributed by atoms with Gasteiger partial charge in [0, 0.05) is 17.8 Å².